The third kappa shape index (κ3) is 4.83. The Kier molecular flexibility index (Phi) is 5.18. The first-order valence-corrected chi connectivity index (χ1v) is 5.89. The number of ether oxygens (including phenoxy) is 1. The molecule has 1 rings (SSSR count). The number of carbonyl (C=O) groups excluding carboxylic acids is 1. The first kappa shape index (κ1) is 12.0. The van der Waals surface area contributed by atoms with E-state index in [0.29, 0.717) is 11.9 Å². The van der Waals surface area contributed by atoms with Crippen molar-refractivity contribution in [3.8, 4) is 0 Å². The van der Waals surface area contributed by atoms with Crippen LogP contribution in [0, 0.1) is 0 Å². The molecule has 0 radical (unpaired) electrons. The lowest BCUT2D eigenvalue weighted by Crippen LogP contribution is -2.27. The Morgan fingerprint density at radius 2 is 2.13 bits per heavy atom. The topological polar surface area (TPSA) is 38.3 Å². The smallest absolute Gasteiger partial charge is 0.407 e. The van der Waals surface area contributed by atoms with Crippen LogP contribution in [0.5, 0.6) is 0 Å². The molecule has 0 aliphatic rings. The summed E-state index contributed by atoms with van der Waals surface area (Å²) in [7, 11) is 0. The van der Waals surface area contributed by atoms with Gasteiger partial charge < -0.3 is 10.1 Å². The molecule has 1 aromatic rings. The molecule has 1 amide bonds. The lowest BCUT2D eigenvalue weighted by atomic mass is 10.2. The van der Waals surface area contributed by atoms with E-state index in [2.05, 4.69) is 21.2 Å². The van der Waals surface area contributed by atoms with Gasteiger partial charge in [-0.3, -0.25) is 0 Å². The molecule has 1 atom stereocenters. The highest BCUT2D eigenvalue weighted by Gasteiger charge is 2.06. The second kappa shape index (κ2) is 6.45. The summed E-state index contributed by atoms with van der Waals surface area (Å²) in [6.07, 6.45) is -0.494. The molecule has 4 heteroatoms. The summed E-state index contributed by atoms with van der Waals surface area (Å²) in [5.41, 5.74) is 1.06. The van der Waals surface area contributed by atoms with Crippen LogP contribution in [0.2, 0.25) is 0 Å². The lowest BCUT2D eigenvalue weighted by Gasteiger charge is -2.11. The maximum atomic E-state index is 11.2. The summed E-state index contributed by atoms with van der Waals surface area (Å²) in [6.45, 7) is 2.32. The number of amides is 1. The number of carbonyl (C=O) groups is 1. The van der Waals surface area contributed by atoms with Crippen LogP contribution in [0.4, 0.5) is 4.79 Å². The van der Waals surface area contributed by atoms with Gasteiger partial charge in [0.2, 0.25) is 0 Å². The molecule has 0 fully saturated rings. The standard InChI is InChI=1S/C11H14BrNO2/c1-9(7-12)15-11(14)13-8-10-5-3-2-4-6-10/h2-6,9H,7-8H2,1H3,(H,13,14). The van der Waals surface area contributed by atoms with E-state index in [4.69, 9.17) is 4.74 Å². The number of benzene rings is 1. The fraction of sp³-hybridized carbons (Fsp3) is 0.364. The van der Waals surface area contributed by atoms with Gasteiger partial charge in [-0.15, -0.1) is 0 Å². The van der Waals surface area contributed by atoms with E-state index in [1.165, 1.54) is 0 Å². The van der Waals surface area contributed by atoms with Crippen molar-refractivity contribution in [3.63, 3.8) is 0 Å². The first-order valence-electron chi connectivity index (χ1n) is 4.76. The quantitative estimate of drug-likeness (QED) is 0.856. The van der Waals surface area contributed by atoms with E-state index in [1.54, 1.807) is 0 Å². The van der Waals surface area contributed by atoms with Gasteiger partial charge in [0.15, 0.2) is 0 Å². The molecule has 0 spiro atoms. The number of hydrogen-bond acceptors (Lipinski definition) is 2. The predicted molar refractivity (Wildman–Crippen MR) is 63.0 cm³/mol. The number of alkyl carbamates (subject to hydrolysis) is 1. The van der Waals surface area contributed by atoms with Crippen LogP contribution in [0.15, 0.2) is 30.3 Å². The maximum absolute atomic E-state index is 11.2. The second-order valence-corrected chi connectivity index (χ2v) is 3.86. The minimum atomic E-state index is -0.384. The monoisotopic (exact) mass is 271 g/mol. The van der Waals surface area contributed by atoms with E-state index in [9.17, 15) is 4.79 Å². The van der Waals surface area contributed by atoms with E-state index in [-0.39, 0.29) is 12.2 Å². The minimum Gasteiger partial charge on any atom is -0.446 e. The summed E-state index contributed by atoms with van der Waals surface area (Å²) in [4.78, 5) is 11.2. The van der Waals surface area contributed by atoms with Gasteiger partial charge in [0.25, 0.3) is 0 Å². The third-order valence-corrected chi connectivity index (χ3v) is 2.72. The van der Waals surface area contributed by atoms with Crippen LogP contribution in [0.25, 0.3) is 0 Å². The van der Waals surface area contributed by atoms with E-state index in [0.717, 1.165) is 5.56 Å². The van der Waals surface area contributed by atoms with Gasteiger partial charge in [0.1, 0.15) is 6.10 Å². The molecule has 1 unspecified atom stereocenters. The van der Waals surface area contributed by atoms with E-state index >= 15 is 0 Å². The molecule has 15 heavy (non-hydrogen) atoms. The molecule has 1 N–H and O–H groups in total. The predicted octanol–water partition coefficient (Wildman–Crippen LogP) is 2.70. The van der Waals surface area contributed by atoms with Gasteiger partial charge in [-0.05, 0) is 12.5 Å². The van der Waals surface area contributed by atoms with E-state index < -0.39 is 0 Å². The molecule has 0 aliphatic heterocycles. The maximum Gasteiger partial charge on any atom is 0.407 e. The molecular weight excluding hydrogens is 258 g/mol. The first-order chi connectivity index (χ1) is 7.22. The normalized spacial score (nSPS) is 11.9. The summed E-state index contributed by atoms with van der Waals surface area (Å²) < 4.78 is 5.02. The van der Waals surface area contributed by atoms with Gasteiger partial charge in [0.05, 0.1) is 0 Å². The Balaban J connectivity index is 2.29. The van der Waals surface area contributed by atoms with Crippen LogP contribution < -0.4 is 5.32 Å². The molecule has 82 valence electrons. The second-order valence-electron chi connectivity index (χ2n) is 3.21. The molecule has 0 aromatic heterocycles. The summed E-state index contributed by atoms with van der Waals surface area (Å²) >= 11 is 3.23. The van der Waals surface area contributed by atoms with Crippen LogP contribution in [0.3, 0.4) is 0 Å². The van der Waals surface area contributed by atoms with Crippen molar-refractivity contribution in [2.45, 2.75) is 19.6 Å². The number of hydrogen-bond donors (Lipinski definition) is 1. The SMILES string of the molecule is CC(CBr)OC(=O)NCc1ccccc1. The van der Waals surface area contributed by atoms with Gasteiger partial charge >= 0.3 is 6.09 Å². The molecule has 0 bridgehead atoms. The van der Waals surface area contributed by atoms with Crippen molar-refractivity contribution >= 4 is 22.0 Å². The molecule has 0 heterocycles. The summed E-state index contributed by atoms with van der Waals surface area (Å²) in [5, 5.41) is 3.33. The average Bonchev–Trinajstić information content (AvgIpc) is 2.27. The highest BCUT2D eigenvalue weighted by atomic mass is 79.9. The Labute approximate surface area is 97.9 Å². The zero-order valence-corrected chi connectivity index (χ0v) is 10.2. The van der Waals surface area contributed by atoms with Gasteiger partial charge in [-0.2, -0.15) is 0 Å². The van der Waals surface area contributed by atoms with E-state index in [1.807, 2.05) is 37.3 Å². The zero-order chi connectivity index (χ0) is 11.1. The summed E-state index contributed by atoms with van der Waals surface area (Å²) in [6, 6.07) is 9.71. The molecule has 0 saturated heterocycles. The van der Waals surface area contributed by atoms with Crippen LogP contribution >= 0.6 is 15.9 Å². The average molecular weight is 272 g/mol. The van der Waals surface area contributed by atoms with Crippen molar-refractivity contribution in [2.75, 3.05) is 5.33 Å². The largest absolute Gasteiger partial charge is 0.446 e. The van der Waals surface area contributed by atoms with Gasteiger partial charge in [0, 0.05) is 11.9 Å². The van der Waals surface area contributed by atoms with Crippen molar-refractivity contribution in [3.05, 3.63) is 35.9 Å². The molecule has 0 saturated carbocycles. The van der Waals surface area contributed by atoms with Crippen molar-refractivity contribution in [1.82, 2.24) is 5.32 Å². The van der Waals surface area contributed by atoms with Gasteiger partial charge in [-0.1, -0.05) is 46.3 Å². The van der Waals surface area contributed by atoms with Crippen molar-refractivity contribution in [1.29, 1.82) is 0 Å². The number of halogens is 1. The molecule has 1 aromatic carbocycles. The van der Waals surface area contributed by atoms with Crippen molar-refractivity contribution < 1.29 is 9.53 Å². The highest BCUT2D eigenvalue weighted by molar-refractivity contribution is 9.09. The molecule has 0 aliphatic carbocycles. The Hall–Kier alpha value is -1.03. The molecule has 3 nitrogen and oxygen atoms in total. The van der Waals surface area contributed by atoms with Crippen molar-refractivity contribution in [2.24, 2.45) is 0 Å². The Morgan fingerprint density at radius 3 is 2.73 bits per heavy atom. The number of rotatable bonds is 4. The van der Waals surface area contributed by atoms with Crippen LogP contribution in [0.1, 0.15) is 12.5 Å². The van der Waals surface area contributed by atoms with Crippen LogP contribution in [-0.4, -0.2) is 17.5 Å². The minimum absolute atomic E-state index is 0.110. The Bertz CT molecular complexity index is 303. The highest BCUT2D eigenvalue weighted by Crippen LogP contribution is 1.99. The number of alkyl halides is 1. The fourth-order valence-electron chi connectivity index (χ4n) is 1.03. The third-order valence-electron chi connectivity index (χ3n) is 1.81. The number of nitrogens with one attached hydrogen (secondary N) is 1. The summed E-state index contributed by atoms with van der Waals surface area (Å²) in [5.74, 6) is 0. The lowest BCUT2D eigenvalue weighted by molar-refractivity contribution is 0.117. The Morgan fingerprint density at radius 1 is 1.47 bits per heavy atom. The zero-order valence-electron chi connectivity index (χ0n) is 8.57. The fourth-order valence-corrected chi connectivity index (χ4v) is 1.16. The van der Waals surface area contributed by atoms with Gasteiger partial charge in [-0.25, -0.2) is 4.79 Å². The molecular formula is C11H14BrNO2. The van der Waals surface area contributed by atoms with Crippen LogP contribution in [-0.2, 0) is 11.3 Å².